The highest BCUT2D eigenvalue weighted by Crippen LogP contribution is 2.42. The molecule has 0 spiro atoms. The molecule has 13 heteroatoms. The summed E-state index contributed by atoms with van der Waals surface area (Å²) in [6.45, 7) is 0.577. The molecule has 6 rings (SSSR count). The maximum absolute atomic E-state index is 14.2. The molecular weight excluding hydrogens is 594 g/mol. The third kappa shape index (κ3) is 5.17. The van der Waals surface area contributed by atoms with Gasteiger partial charge in [-0.1, -0.05) is 6.07 Å². The van der Waals surface area contributed by atoms with Crippen LogP contribution >= 0.6 is 0 Å². The lowest BCUT2D eigenvalue weighted by Crippen LogP contribution is -2.39. The summed E-state index contributed by atoms with van der Waals surface area (Å²) in [7, 11) is -0.833. The van der Waals surface area contributed by atoms with Crippen LogP contribution in [0.2, 0.25) is 0 Å². The molecule has 1 fully saturated rings. The second-order valence-corrected chi connectivity index (χ2v) is 12.7. The van der Waals surface area contributed by atoms with Crippen molar-refractivity contribution in [2.45, 2.75) is 18.8 Å². The first-order valence-corrected chi connectivity index (χ1v) is 15.7. The Morgan fingerprint density at radius 3 is 2.50 bits per heavy atom. The third-order valence-electron chi connectivity index (χ3n) is 7.94. The van der Waals surface area contributed by atoms with Crippen molar-refractivity contribution in [3.8, 4) is 11.3 Å². The van der Waals surface area contributed by atoms with Gasteiger partial charge in [-0.3, -0.25) is 13.9 Å². The molecule has 5 aromatic rings. The maximum atomic E-state index is 14.2. The van der Waals surface area contributed by atoms with E-state index < -0.39 is 33.5 Å². The van der Waals surface area contributed by atoms with Gasteiger partial charge in [-0.2, -0.15) is 0 Å². The van der Waals surface area contributed by atoms with Crippen LogP contribution in [-0.4, -0.2) is 63.6 Å². The number of piperidine rings is 1. The minimum absolute atomic E-state index is 0.0365. The lowest BCUT2D eigenvalue weighted by molar-refractivity contribution is 0.0669. The number of aromatic nitrogens is 1. The minimum atomic E-state index is -3.73. The Bertz CT molecular complexity index is 2040. The van der Waals surface area contributed by atoms with Crippen molar-refractivity contribution >= 4 is 49.6 Å². The van der Waals surface area contributed by atoms with Gasteiger partial charge in [-0.25, -0.2) is 22.2 Å². The first-order valence-electron chi connectivity index (χ1n) is 13.8. The molecular formula is C31H28F2N4O6S. The largest absolute Gasteiger partial charge is 0.455 e. The molecule has 44 heavy (non-hydrogen) atoms. The SMILES string of the molecule is CNC(=O)c1c(-c2ccc(F)cc2)oc2cc(N(C)S(C)(=O)=O)c([C@H]3CCCN(C(=O)c4nc5c(F)cccc5o4)C3)cc12. The quantitative estimate of drug-likeness (QED) is 0.273. The number of halogens is 2. The molecule has 3 aromatic carbocycles. The van der Waals surface area contributed by atoms with Crippen LogP contribution in [0.4, 0.5) is 14.5 Å². The smallest absolute Gasteiger partial charge is 0.309 e. The van der Waals surface area contributed by atoms with E-state index in [2.05, 4.69) is 10.3 Å². The van der Waals surface area contributed by atoms with Crippen LogP contribution in [-0.2, 0) is 10.0 Å². The molecule has 1 N–H and O–H groups in total. The second kappa shape index (κ2) is 11.1. The number of likely N-dealkylation sites (tertiary alicyclic amines) is 1. The molecule has 1 saturated heterocycles. The molecule has 2 aromatic heterocycles. The van der Waals surface area contributed by atoms with Gasteiger partial charge in [0.1, 0.15) is 22.7 Å². The van der Waals surface area contributed by atoms with Crippen molar-refractivity contribution in [3.05, 3.63) is 83.2 Å². The number of fused-ring (bicyclic) bond motifs is 2. The topological polar surface area (TPSA) is 126 Å². The van der Waals surface area contributed by atoms with Gasteiger partial charge in [0.2, 0.25) is 10.0 Å². The van der Waals surface area contributed by atoms with Crippen LogP contribution in [0.15, 0.2) is 63.4 Å². The average Bonchev–Trinajstić information content (AvgIpc) is 3.62. The number of nitrogens with zero attached hydrogens (tertiary/aromatic N) is 3. The number of benzene rings is 3. The maximum Gasteiger partial charge on any atom is 0.309 e. The van der Waals surface area contributed by atoms with E-state index in [1.54, 1.807) is 17.0 Å². The van der Waals surface area contributed by atoms with Crippen molar-refractivity contribution in [3.63, 3.8) is 0 Å². The number of hydrogen-bond acceptors (Lipinski definition) is 7. The lowest BCUT2D eigenvalue weighted by atomic mass is 9.88. The Morgan fingerprint density at radius 1 is 1.07 bits per heavy atom. The van der Waals surface area contributed by atoms with E-state index in [-0.39, 0.29) is 46.4 Å². The van der Waals surface area contributed by atoms with Crippen LogP contribution in [0.1, 0.15) is 45.4 Å². The second-order valence-electron chi connectivity index (χ2n) is 10.7. The molecule has 3 heterocycles. The number of para-hydroxylation sites is 1. The molecule has 0 aliphatic carbocycles. The lowest BCUT2D eigenvalue weighted by Gasteiger charge is -2.34. The molecule has 0 unspecified atom stereocenters. The van der Waals surface area contributed by atoms with E-state index >= 15 is 0 Å². The Kier molecular flexibility index (Phi) is 7.36. The monoisotopic (exact) mass is 622 g/mol. The normalized spacial score (nSPS) is 15.6. The Balaban J connectivity index is 1.46. The molecule has 1 atom stereocenters. The van der Waals surface area contributed by atoms with Crippen LogP contribution in [0, 0.1) is 11.6 Å². The number of oxazole rings is 1. The average molecular weight is 623 g/mol. The van der Waals surface area contributed by atoms with E-state index in [1.165, 1.54) is 56.6 Å². The van der Waals surface area contributed by atoms with E-state index in [0.29, 0.717) is 41.6 Å². The van der Waals surface area contributed by atoms with E-state index in [4.69, 9.17) is 8.83 Å². The van der Waals surface area contributed by atoms with Gasteiger partial charge < -0.3 is 19.1 Å². The fourth-order valence-electron chi connectivity index (χ4n) is 5.64. The summed E-state index contributed by atoms with van der Waals surface area (Å²) in [4.78, 5) is 32.3. The van der Waals surface area contributed by atoms with Gasteiger partial charge in [0.05, 0.1) is 17.5 Å². The van der Waals surface area contributed by atoms with Gasteiger partial charge in [0.15, 0.2) is 11.4 Å². The number of sulfonamides is 1. The summed E-state index contributed by atoms with van der Waals surface area (Å²) >= 11 is 0. The molecule has 0 bridgehead atoms. The third-order valence-corrected chi connectivity index (χ3v) is 9.13. The number of carbonyl (C=O) groups is 2. The van der Waals surface area contributed by atoms with Gasteiger partial charge in [-0.05, 0) is 60.9 Å². The van der Waals surface area contributed by atoms with E-state index in [0.717, 1.165) is 10.6 Å². The first-order chi connectivity index (χ1) is 21.0. The van der Waals surface area contributed by atoms with Crippen molar-refractivity contribution in [2.24, 2.45) is 0 Å². The Morgan fingerprint density at radius 2 is 1.82 bits per heavy atom. The predicted octanol–water partition coefficient (Wildman–Crippen LogP) is 5.29. The van der Waals surface area contributed by atoms with Gasteiger partial charge >= 0.3 is 5.91 Å². The summed E-state index contributed by atoms with van der Waals surface area (Å²) in [6, 6.07) is 13.0. The van der Waals surface area contributed by atoms with E-state index in [9.17, 15) is 26.8 Å². The zero-order valence-electron chi connectivity index (χ0n) is 24.1. The number of nitrogens with one attached hydrogen (secondary N) is 1. The van der Waals surface area contributed by atoms with Crippen molar-refractivity contribution in [1.82, 2.24) is 15.2 Å². The van der Waals surface area contributed by atoms with Gasteiger partial charge in [0, 0.05) is 50.1 Å². The van der Waals surface area contributed by atoms with E-state index in [1.807, 2.05) is 0 Å². The number of amides is 2. The first kappa shape index (κ1) is 29.3. The minimum Gasteiger partial charge on any atom is -0.455 e. The number of anilines is 1. The van der Waals surface area contributed by atoms with Crippen molar-refractivity contribution < 1.29 is 35.6 Å². The molecule has 1 aliphatic heterocycles. The molecule has 0 saturated carbocycles. The zero-order valence-corrected chi connectivity index (χ0v) is 24.9. The molecule has 1 aliphatic rings. The van der Waals surface area contributed by atoms with Crippen LogP contribution in [0.5, 0.6) is 0 Å². The Labute approximate surface area is 251 Å². The van der Waals surface area contributed by atoms with Crippen LogP contribution in [0.3, 0.4) is 0 Å². The van der Waals surface area contributed by atoms with Gasteiger partial charge in [0.25, 0.3) is 11.8 Å². The summed E-state index contributed by atoms with van der Waals surface area (Å²) < 4.78 is 66.2. The zero-order chi connectivity index (χ0) is 31.3. The Hall–Kier alpha value is -4.78. The van der Waals surface area contributed by atoms with Crippen molar-refractivity contribution in [2.75, 3.05) is 37.7 Å². The molecule has 2 amide bonds. The van der Waals surface area contributed by atoms with Crippen LogP contribution < -0.4 is 9.62 Å². The standard InChI is InChI=1S/C31H28F2N4O6S/c1-34-29(38)26-21-14-20(18-6-5-13-37(16-18)31(39)30-35-27-22(33)7-4-8-24(27)43-30)23(36(2)44(3,40)41)15-25(21)42-28(26)17-9-11-19(32)12-10-17/h4,7-12,14-15,18H,5-6,13,16H2,1-3H3,(H,34,38)/t18-/m0/s1. The fraction of sp³-hybridized carbons (Fsp3) is 0.258. The predicted molar refractivity (Wildman–Crippen MR) is 160 cm³/mol. The number of carbonyl (C=O) groups excluding carboxylic acids is 2. The number of furan rings is 1. The fourth-order valence-corrected chi connectivity index (χ4v) is 6.15. The molecule has 228 valence electrons. The highest BCUT2D eigenvalue weighted by atomic mass is 32.2. The highest BCUT2D eigenvalue weighted by molar-refractivity contribution is 7.92. The summed E-state index contributed by atoms with van der Waals surface area (Å²) in [5.41, 5.74) is 1.96. The summed E-state index contributed by atoms with van der Waals surface area (Å²) in [5.74, 6) is -2.40. The number of hydrogen-bond donors (Lipinski definition) is 1. The van der Waals surface area contributed by atoms with Gasteiger partial charge in [-0.15, -0.1) is 0 Å². The molecule has 10 nitrogen and oxygen atoms in total. The summed E-state index contributed by atoms with van der Waals surface area (Å²) in [5, 5.41) is 3.05. The van der Waals surface area contributed by atoms with Crippen LogP contribution in [0.25, 0.3) is 33.4 Å². The van der Waals surface area contributed by atoms with Crippen molar-refractivity contribution in [1.29, 1.82) is 0 Å². The summed E-state index contributed by atoms with van der Waals surface area (Å²) in [6.07, 6.45) is 2.27. The number of rotatable bonds is 6. The molecule has 0 radical (unpaired) electrons. The highest BCUT2D eigenvalue weighted by Gasteiger charge is 2.33.